The summed E-state index contributed by atoms with van der Waals surface area (Å²) in [5, 5.41) is 11.9. The lowest BCUT2D eigenvalue weighted by atomic mass is 10.2. The van der Waals surface area contributed by atoms with Crippen molar-refractivity contribution in [2.24, 2.45) is 0 Å². The molecule has 0 aliphatic carbocycles. The molecule has 2 aromatic heterocycles. The van der Waals surface area contributed by atoms with Crippen molar-refractivity contribution in [1.29, 1.82) is 0 Å². The van der Waals surface area contributed by atoms with Crippen molar-refractivity contribution < 1.29 is 9.18 Å². The number of carbonyl (C=O) groups excluding carboxylic acids is 1. The van der Waals surface area contributed by atoms with Gasteiger partial charge in [-0.05, 0) is 38.1 Å². The van der Waals surface area contributed by atoms with Crippen molar-refractivity contribution in [3.8, 4) is 5.69 Å². The molecular weight excluding hydrogens is 419 g/mol. The van der Waals surface area contributed by atoms with Crippen LogP contribution in [0.1, 0.15) is 21.9 Å². The number of nitrogens with zero attached hydrogens (tertiary/aromatic N) is 4. The number of aryl methyl sites for hydroxylation is 2. The van der Waals surface area contributed by atoms with Crippen molar-refractivity contribution in [1.82, 2.24) is 25.1 Å². The molecule has 0 radical (unpaired) electrons. The third-order valence-electron chi connectivity index (χ3n) is 4.72. The minimum absolute atomic E-state index is 0.0135. The van der Waals surface area contributed by atoms with Crippen LogP contribution in [0.25, 0.3) is 16.7 Å². The van der Waals surface area contributed by atoms with Crippen molar-refractivity contribution in [2.75, 3.05) is 18.4 Å². The summed E-state index contributed by atoms with van der Waals surface area (Å²) >= 11 is 6.35. The van der Waals surface area contributed by atoms with E-state index in [2.05, 4.69) is 25.7 Å². The van der Waals surface area contributed by atoms with Crippen molar-refractivity contribution in [2.45, 2.75) is 13.8 Å². The highest BCUT2D eigenvalue weighted by Crippen LogP contribution is 2.28. The van der Waals surface area contributed by atoms with E-state index in [0.29, 0.717) is 28.9 Å². The fourth-order valence-corrected chi connectivity index (χ4v) is 3.52. The smallest absolute Gasteiger partial charge is 0.254 e. The van der Waals surface area contributed by atoms with Crippen LogP contribution in [0.15, 0.2) is 48.5 Å². The maximum absolute atomic E-state index is 13.7. The van der Waals surface area contributed by atoms with Crippen LogP contribution >= 0.6 is 11.6 Å². The lowest BCUT2D eigenvalue weighted by Crippen LogP contribution is -2.29. The molecule has 9 heteroatoms. The SMILES string of the molecule is Cc1nc(NCCNC(=O)c2ccccc2F)c2c(C)nn(-c3ccccc3Cl)c2n1. The van der Waals surface area contributed by atoms with Crippen molar-refractivity contribution >= 4 is 34.4 Å². The van der Waals surface area contributed by atoms with Gasteiger partial charge in [-0.1, -0.05) is 35.9 Å². The number of halogens is 2. The molecule has 4 aromatic rings. The van der Waals surface area contributed by atoms with Gasteiger partial charge < -0.3 is 10.6 Å². The lowest BCUT2D eigenvalue weighted by molar-refractivity contribution is 0.0951. The van der Waals surface area contributed by atoms with Crippen molar-refractivity contribution in [3.05, 3.63) is 76.5 Å². The topological polar surface area (TPSA) is 84.7 Å². The van der Waals surface area contributed by atoms with Crippen molar-refractivity contribution in [3.63, 3.8) is 0 Å². The second-order valence-electron chi connectivity index (χ2n) is 6.93. The zero-order chi connectivity index (χ0) is 22.0. The zero-order valence-corrected chi connectivity index (χ0v) is 17.7. The van der Waals surface area contributed by atoms with E-state index >= 15 is 0 Å². The molecule has 2 aromatic carbocycles. The van der Waals surface area contributed by atoms with Gasteiger partial charge in [0, 0.05) is 13.1 Å². The van der Waals surface area contributed by atoms with Crippen LogP contribution in [0.3, 0.4) is 0 Å². The second-order valence-corrected chi connectivity index (χ2v) is 7.34. The van der Waals surface area contributed by atoms with E-state index in [0.717, 1.165) is 16.8 Å². The fraction of sp³-hybridized carbons (Fsp3) is 0.182. The first-order chi connectivity index (χ1) is 15.0. The Morgan fingerprint density at radius 1 is 1.06 bits per heavy atom. The number of hydrogen-bond donors (Lipinski definition) is 2. The van der Waals surface area contributed by atoms with Gasteiger partial charge in [-0.25, -0.2) is 19.0 Å². The van der Waals surface area contributed by atoms with Crippen LogP contribution in [0.2, 0.25) is 5.02 Å². The number of amides is 1. The van der Waals surface area contributed by atoms with E-state index in [9.17, 15) is 9.18 Å². The lowest BCUT2D eigenvalue weighted by Gasteiger charge is -2.10. The summed E-state index contributed by atoms with van der Waals surface area (Å²) in [4.78, 5) is 21.2. The highest BCUT2D eigenvalue weighted by Gasteiger charge is 2.18. The van der Waals surface area contributed by atoms with Crippen LogP contribution in [0.5, 0.6) is 0 Å². The van der Waals surface area contributed by atoms with Gasteiger partial charge in [0.2, 0.25) is 0 Å². The number of carbonyl (C=O) groups is 1. The molecule has 31 heavy (non-hydrogen) atoms. The number of aromatic nitrogens is 4. The highest BCUT2D eigenvalue weighted by molar-refractivity contribution is 6.32. The number of nitrogens with one attached hydrogen (secondary N) is 2. The Kier molecular flexibility index (Phi) is 5.81. The molecule has 1 amide bonds. The summed E-state index contributed by atoms with van der Waals surface area (Å²) in [6.07, 6.45) is 0. The number of benzene rings is 2. The molecule has 0 aliphatic heterocycles. The Balaban J connectivity index is 1.54. The summed E-state index contributed by atoms with van der Waals surface area (Å²) in [7, 11) is 0. The summed E-state index contributed by atoms with van der Waals surface area (Å²) in [6.45, 7) is 4.35. The predicted octanol–water partition coefficient (Wildman–Crippen LogP) is 4.07. The first-order valence-electron chi connectivity index (χ1n) is 9.71. The summed E-state index contributed by atoms with van der Waals surface area (Å²) < 4.78 is 15.4. The molecule has 0 fully saturated rings. The Labute approximate surface area is 183 Å². The standard InChI is InChI=1S/C22H20ClFN6O/c1-13-19-20(25-11-12-26-22(31)15-7-3-5-9-17(15)24)27-14(2)28-21(19)30(29-13)18-10-6-4-8-16(18)23/h3-10H,11-12H2,1-2H3,(H,26,31)(H,25,27,28). The second kappa shape index (κ2) is 8.69. The van der Waals surface area contributed by atoms with E-state index in [-0.39, 0.29) is 12.1 Å². The molecule has 0 atom stereocenters. The average Bonchev–Trinajstić information content (AvgIpc) is 3.07. The van der Waals surface area contributed by atoms with Gasteiger partial charge in [-0.15, -0.1) is 0 Å². The molecular formula is C22H20ClFN6O. The third kappa shape index (κ3) is 4.20. The maximum atomic E-state index is 13.7. The molecule has 0 saturated carbocycles. The van der Waals surface area contributed by atoms with E-state index in [1.165, 1.54) is 12.1 Å². The summed E-state index contributed by atoms with van der Waals surface area (Å²) in [5.74, 6) is 0.160. The van der Waals surface area contributed by atoms with E-state index < -0.39 is 11.7 Å². The first-order valence-corrected chi connectivity index (χ1v) is 10.1. The van der Waals surface area contributed by atoms with Crippen LogP contribution in [0, 0.1) is 19.7 Å². The monoisotopic (exact) mass is 438 g/mol. The van der Waals surface area contributed by atoms with Gasteiger partial charge in [-0.3, -0.25) is 4.79 Å². The molecule has 0 bridgehead atoms. The van der Waals surface area contributed by atoms with Gasteiger partial charge in [-0.2, -0.15) is 5.10 Å². The molecule has 2 heterocycles. The molecule has 0 aliphatic rings. The minimum atomic E-state index is -0.552. The highest BCUT2D eigenvalue weighted by atomic mass is 35.5. The zero-order valence-electron chi connectivity index (χ0n) is 17.0. The molecule has 0 spiro atoms. The van der Waals surface area contributed by atoms with Gasteiger partial charge in [0.25, 0.3) is 5.91 Å². The number of para-hydroxylation sites is 1. The normalized spacial score (nSPS) is 11.0. The Hall–Kier alpha value is -3.52. The van der Waals surface area contributed by atoms with Gasteiger partial charge in [0.05, 0.1) is 27.4 Å². The molecule has 0 saturated heterocycles. The van der Waals surface area contributed by atoms with Crippen LogP contribution < -0.4 is 10.6 Å². The molecule has 158 valence electrons. The van der Waals surface area contributed by atoms with Gasteiger partial charge in [0.15, 0.2) is 5.65 Å². The molecule has 2 N–H and O–H groups in total. The first kappa shape index (κ1) is 20.7. The summed E-state index contributed by atoms with van der Waals surface area (Å²) in [6, 6.07) is 13.3. The quantitative estimate of drug-likeness (QED) is 0.443. The largest absolute Gasteiger partial charge is 0.368 e. The van der Waals surface area contributed by atoms with E-state index in [4.69, 9.17) is 11.6 Å². The number of fused-ring (bicyclic) bond motifs is 1. The van der Waals surface area contributed by atoms with Crippen LogP contribution in [-0.2, 0) is 0 Å². The number of anilines is 1. The Morgan fingerprint density at radius 2 is 1.81 bits per heavy atom. The molecule has 7 nitrogen and oxygen atoms in total. The van der Waals surface area contributed by atoms with E-state index in [1.807, 2.05) is 25.1 Å². The molecule has 0 unspecified atom stereocenters. The van der Waals surface area contributed by atoms with Crippen LogP contribution in [0.4, 0.5) is 10.2 Å². The minimum Gasteiger partial charge on any atom is -0.368 e. The number of rotatable bonds is 6. The van der Waals surface area contributed by atoms with Gasteiger partial charge in [0.1, 0.15) is 17.5 Å². The number of hydrogen-bond acceptors (Lipinski definition) is 5. The fourth-order valence-electron chi connectivity index (χ4n) is 3.31. The van der Waals surface area contributed by atoms with Crippen LogP contribution in [-0.4, -0.2) is 38.7 Å². The molecule has 4 rings (SSSR count). The summed E-state index contributed by atoms with van der Waals surface area (Å²) in [5.41, 5.74) is 2.12. The predicted molar refractivity (Wildman–Crippen MR) is 118 cm³/mol. The average molecular weight is 439 g/mol. The van der Waals surface area contributed by atoms with Gasteiger partial charge >= 0.3 is 0 Å². The maximum Gasteiger partial charge on any atom is 0.254 e. The Bertz CT molecular complexity index is 1270. The Morgan fingerprint density at radius 3 is 2.58 bits per heavy atom. The van der Waals surface area contributed by atoms with E-state index in [1.54, 1.807) is 29.8 Å². The third-order valence-corrected chi connectivity index (χ3v) is 5.04.